The van der Waals surface area contributed by atoms with Crippen LogP contribution in [0.5, 0.6) is 0 Å². The zero-order valence-electron chi connectivity index (χ0n) is 21.6. The minimum absolute atomic E-state index is 0.288. The second-order valence-corrected chi connectivity index (χ2v) is 14.1. The SMILES string of the molecule is CC[C@@H](CS(=O)(=O)C(C)(C)C)N1C(=O)[C@H](CC(=O)O)OC(c2cccc(Cl)c2)[C@@]1(C)c1ccc(Cl)cc1. The van der Waals surface area contributed by atoms with Crippen LogP contribution in [0.15, 0.2) is 48.5 Å². The number of aliphatic carboxylic acids is 1. The summed E-state index contributed by atoms with van der Waals surface area (Å²) in [5, 5.41) is 10.5. The smallest absolute Gasteiger partial charge is 0.306 e. The van der Waals surface area contributed by atoms with Gasteiger partial charge in [0.15, 0.2) is 9.84 Å². The average molecular weight is 571 g/mol. The molecule has 0 bridgehead atoms. The highest BCUT2D eigenvalue weighted by atomic mass is 35.5. The maximum Gasteiger partial charge on any atom is 0.306 e. The molecular weight excluding hydrogens is 537 g/mol. The number of halogens is 2. The first-order chi connectivity index (χ1) is 17.1. The quantitative estimate of drug-likeness (QED) is 0.441. The summed E-state index contributed by atoms with van der Waals surface area (Å²) in [7, 11) is -3.64. The largest absolute Gasteiger partial charge is 0.481 e. The zero-order chi connectivity index (χ0) is 27.8. The molecule has 10 heteroatoms. The Hall–Kier alpha value is -2.13. The predicted molar refractivity (Wildman–Crippen MR) is 145 cm³/mol. The third kappa shape index (κ3) is 5.98. The highest BCUT2D eigenvalue weighted by Crippen LogP contribution is 2.49. The summed E-state index contributed by atoms with van der Waals surface area (Å²) in [5.41, 5.74) is 0.0806. The molecule has 2 aromatic rings. The summed E-state index contributed by atoms with van der Waals surface area (Å²) < 4.78 is 31.9. The van der Waals surface area contributed by atoms with E-state index in [2.05, 4.69) is 0 Å². The number of benzene rings is 2. The lowest BCUT2D eigenvalue weighted by Crippen LogP contribution is -2.65. The maximum absolute atomic E-state index is 14.0. The van der Waals surface area contributed by atoms with Crippen molar-refractivity contribution >= 4 is 44.9 Å². The first-order valence-corrected chi connectivity index (χ1v) is 14.5. The lowest BCUT2D eigenvalue weighted by Gasteiger charge is -2.55. The predicted octanol–water partition coefficient (Wildman–Crippen LogP) is 5.64. The summed E-state index contributed by atoms with van der Waals surface area (Å²) in [6.45, 7) is 8.49. The maximum atomic E-state index is 14.0. The Kier molecular flexibility index (Phi) is 8.69. The molecule has 7 nitrogen and oxygen atoms in total. The molecule has 1 saturated heterocycles. The van der Waals surface area contributed by atoms with E-state index >= 15 is 0 Å². The van der Waals surface area contributed by atoms with Crippen LogP contribution in [0.2, 0.25) is 10.0 Å². The van der Waals surface area contributed by atoms with Crippen LogP contribution >= 0.6 is 23.2 Å². The number of carboxylic acids is 1. The van der Waals surface area contributed by atoms with Gasteiger partial charge in [-0.2, -0.15) is 0 Å². The van der Waals surface area contributed by atoms with E-state index in [9.17, 15) is 23.1 Å². The van der Waals surface area contributed by atoms with Gasteiger partial charge in [0, 0.05) is 16.1 Å². The van der Waals surface area contributed by atoms with Gasteiger partial charge in [0.1, 0.15) is 12.2 Å². The van der Waals surface area contributed by atoms with Gasteiger partial charge in [-0.25, -0.2) is 8.42 Å². The molecule has 1 unspecified atom stereocenters. The minimum Gasteiger partial charge on any atom is -0.481 e. The molecule has 1 N–H and O–H groups in total. The monoisotopic (exact) mass is 569 g/mol. The number of hydrogen-bond donors (Lipinski definition) is 1. The van der Waals surface area contributed by atoms with Gasteiger partial charge in [0.05, 0.1) is 22.5 Å². The standard InChI is InChI=1S/C27H33Cl2NO6S/c1-6-21(16-37(34,35)26(2,3)4)30-25(33)22(15-23(31)32)36-24(17-8-7-9-20(29)14-17)27(30,5)18-10-12-19(28)13-11-18/h7-14,21-22,24H,6,15-16H2,1-5H3,(H,31,32)/t21-,22-,24?,27+/m0/s1. The van der Waals surface area contributed by atoms with Crippen LogP contribution in [-0.2, 0) is 29.7 Å². The Morgan fingerprint density at radius 1 is 1.14 bits per heavy atom. The lowest BCUT2D eigenvalue weighted by atomic mass is 9.78. The number of amides is 1. The molecule has 0 spiro atoms. The molecule has 0 saturated carbocycles. The van der Waals surface area contributed by atoms with Crippen molar-refractivity contribution in [2.75, 3.05) is 5.75 Å². The van der Waals surface area contributed by atoms with Crippen molar-refractivity contribution in [1.82, 2.24) is 4.90 Å². The van der Waals surface area contributed by atoms with Gasteiger partial charge in [-0.1, -0.05) is 54.4 Å². The Balaban J connectivity index is 2.30. The number of morpholine rings is 1. The van der Waals surface area contributed by atoms with E-state index < -0.39 is 56.7 Å². The summed E-state index contributed by atoms with van der Waals surface area (Å²) in [4.78, 5) is 27.2. The fourth-order valence-corrected chi connectivity index (χ4v) is 6.46. The Bertz CT molecular complexity index is 1260. The average Bonchev–Trinajstić information content (AvgIpc) is 2.79. The molecule has 3 rings (SSSR count). The minimum atomic E-state index is -3.64. The fourth-order valence-electron chi connectivity index (χ4n) is 4.75. The van der Waals surface area contributed by atoms with Crippen LogP contribution in [0.4, 0.5) is 0 Å². The Morgan fingerprint density at radius 3 is 2.27 bits per heavy atom. The van der Waals surface area contributed by atoms with Crippen molar-refractivity contribution in [1.29, 1.82) is 0 Å². The summed E-state index contributed by atoms with van der Waals surface area (Å²) in [5.74, 6) is -2.06. The molecule has 202 valence electrons. The van der Waals surface area contributed by atoms with Crippen LogP contribution in [0.25, 0.3) is 0 Å². The molecule has 2 aromatic carbocycles. The van der Waals surface area contributed by atoms with Gasteiger partial charge in [-0.05, 0) is 69.5 Å². The first-order valence-electron chi connectivity index (χ1n) is 12.1. The number of carbonyl (C=O) groups excluding carboxylic acids is 1. The molecule has 1 heterocycles. The van der Waals surface area contributed by atoms with Crippen molar-refractivity contribution < 1.29 is 27.9 Å². The second kappa shape index (κ2) is 10.9. The molecule has 0 aliphatic carbocycles. The van der Waals surface area contributed by atoms with Gasteiger partial charge in [-0.3, -0.25) is 9.59 Å². The van der Waals surface area contributed by atoms with Crippen molar-refractivity contribution in [2.24, 2.45) is 0 Å². The molecule has 1 fully saturated rings. The molecule has 1 amide bonds. The van der Waals surface area contributed by atoms with E-state index in [-0.39, 0.29) is 5.75 Å². The topological polar surface area (TPSA) is 101 Å². The van der Waals surface area contributed by atoms with Crippen LogP contribution < -0.4 is 0 Å². The van der Waals surface area contributed by atoms with Crippen LogP contribution in [0.1, 0.15) is 64.7 Å². The second-order valence-electron chi connectivity index (χ2n) is 10.5. The van der Waals surface area contributed by atoms with Crippen molar-refractivity contribution in [3.63, 3.8) is 0 Å². The zero-order valence-corrected chi connectivity index (χ0v) is 23.9. The number of nitrogens with zero attached hydrogens (tertiary/aromatic N) is 1. The normalized spacial score (nSPS) is 23.6. The van der Waals surface area contributed by atoms with Crippen LogP contribution in [0, 0.1) is 0 Å². The molecular formula is C27H33Cl2NO6S. The van der Waals surface area contributed by atoms with E-state index in [0.717, 1.165) is 0 Å². The summed E-state index contributed by atoms with van der Waals surface area (Å²) >= 11 is 12.5. The van der Waals surface area contributed by atoms with Gasteiger partial charge >= 0.3 is 5.97 Å². The number of hydrogen-bond acceptors (Lipinski definition) is 5. The molecule has 0 aromatic heterocycles. The van der Waals surface area contributed by atoms with E-state index in [1.54, 1.807) is 69.3 Å². The molecule has 1 aliphatic heterocycles. The first kappa shape index (κ1) is 29.4. The van der Waals surface area contributed by atoms with Gasteiger partial charge in [-0.15, -0.1) is 0 Å². The van der Waals surface area contributed by atoms with E-state index in [1.165, 1.54) is 4.90 Å². The molecule has 37 heavy (non-hydrogen) atoms. The third-order valence-electron chi connectivity index (χ3n) is 6.95. The highest BCUT2D eigenvalue weighted by Gasteiger charge is 2.55. The lowest BCUT2D eigenvalue weighted by molar-refractivity contribution is -0.200. The van der Waals surface area contributed by atoms with E-state index in [4.69, 9.17) is 27.9 Å². The number of carboxylic acid groups (broad SMARTS) is 1. The van der Waals surface area contributed by atoms with Crippen LogP contribution in [-0.4, -0.2) is 52.9 Å². The molecule has 0 radical (unpaired) electrons. The fraction of sp³-hybridized carbons (Fsp3) is 0.481. The number of sulfone groups is 1. The van der Waals surface area contributed by atoms with Gasteiger partial charge in [0.2, 0.25) is 0 Å². The van der Waals surface area contributed by atoms with Crippen LogP contribution in [0.3, 0.4) is 0 Å². The highest BCUT2D eigenvalue weighted by molar-refractivity contribution is 7.92. The van der Waals surface area contributed by atoms with Crippen molar-refractivity contribution in [3.8, 4) is 0 Å². The molecule has 4 atom stereocenters. The third-order valence-corrected chi connectivity index (χ3v) is 10.1. The Morgan fingerprint density at radius 2 is 1.76 bits per heavy atom. The number of carbonyl (C=O) groups is 2. The van der Waals surface area contributed by atoms with E-state index in [0.29, 0.717) is 27.6 Å². The van der Waals surface area contributed by atoms with Gasteiger partial charge < -0.3 is 14.7 Å². The summed E-state index contributed by atoms with van der Waals surface area (Å²) in [6.07, 6.45) is -2.40. The Labute approximate surface area is 228 Å². The number of ether oxygens (including phenoxy) is 1. The molecule has 1 aliphatic rings. The summed E-state index contributed by atoms with van der Waals surface area (Å²) in [6, 6.07) is 13.1. The van der Waals surface area contributed by atoms with Crippen molar-refractivity contribution in [3.05, 3.63) is 69.7 Å². The number of rotatable bonds is 8. The van der Waals surface area contributed by atoms with E-state index in [1.807, 2.05) is 13.8 Å². The van der Waals surface area contributed by atoms with Gasteiger partial charge in [0.25, 0.3) is 5.91 Å². The van der Waals surface area contributed by atoms with Crippen molar-refractivity contribution in [2.45, 2.75) is 76.0 Å².